The fourth-order valence-electron chi connectivity index (χ4n) is 1.77. The summed E-state index contributed by atoms with van der Waals surface area (Å²) in [6.45, 7) is 3.49. The number of piperazine rings is 1. The minimum absolute atomic E-state index is 0.0972. The van der Waals surface area contributed by atoms with Crippen LogP contribution >= 0.6 is 11.3 Å². The maximum atomic E-state index is 12.2. The van der Waals surface area contributed by atoms with E-state index in [0.29, 0.717) is 10.6 Å². The van der Waals surface area contributed by atoms with Gasteiger partial charge in [0, 0.05) is 26.2 Å². The van der Waals surface area contributed by atoms with Crippen molar-refractivity contribution in [1.82, 2.24) is 9.80 Å². The summed E-state index contributed by atoms with van der Waals surface area (Å²) in [7, 11) is 3.68. The van der Waals surface area contributed by atoms with E-state index in [1.807, 2.05) is 16.3 Å². The molecular weight excluding hydrogens is 224 g/mol. The Morgan fingerprint density at radius 2 is 2.06 bits per heavy atom. The zero-order valence-electron chi connectivity index (χ0n) is 9.60. The van der Waals surface area contributed by atoms with Gasteiger partial charge in [-0.15, -0.1) is 11.3 Å². The molecule has 0 radical (unpaired) electrons. The monoisotopic (exact) mass is 240 g/mol. The Morgan fingerprint density at radius 1 is 1.38 bits per heavy atom. The van der Waals surface area contributed by atoms with Crippen LogP contribution in [0.5, 0.6) is 5.75 Å². The number of hydrogen-bond acceptors (Lipinski definition) is 4. The summed E-state index contributed by atoms with van der Waals surface area (Å²) in [6.07, 6.45) is 0. The van der Waals surface area contributed by atoms with Gasteiger partial charge in [-0.1, -0.05) is 0 Å². The summed E-state index contributed by atoms with van der Waals surface area (Å²) >= 11 is 1.45. The van der Waals surface area contributed by atoms with Gasteiger partial charge >= 0.3 is 0 Å². The summed E-state index contributed by atoms with van der Waals surface area (Å²) in [6, 6.07) is 1.84. The standard InChI is InChI=1S/C11H16N2O2S/c1-12-4-6-13(7-5-12)11(14)10-9(15-2)3-8-16-10/h3,8H,4-7H2,1-2H3. The molecule has 1 aromatic rings. The smallest absolute Gasteiger partial charge is 0.267 e. The summed E-state index contributed by atoms with van der Waals surface area (Å²) in [5, 5.41) is 1.89. The van der Waals surface area contributed by atoms with Crippen LogP contribution in [0.2, 0.25) is 0 Å². The Kier molecular flexibility index (Phi) is 3.46. The average molecular weight is 240 g/mol. The lowest BCUT2D eigenvalue weighted by atomic mass is 10.3. The third kappa shape index (κ3) is 2.20. The zero-order valence-corrected chi connectivity index (χ0v) is 10.4. The van der Waals surface area contributed by atoms with E-state index < -0.39 is 0 Å². The van der Waals surface area contributed by atoms with E-state index in [0.717, 1.165) is 26.2 Å². The fourth-order valence-corrected chi connectivity index (χ4v) is 2.59. The maximum Gasteiger partial charge on any atom is 0.267 e. The zero-order chi connectivity index (χ0) is 11.5. The second-order valence-corrected chi connectivity index (χ2v) is 4.83. The van der Waals surface area contributed by atoms with Crippen LogP contribution in [-0.2, 0) is 0 Å². The lowest BCUT2D eigenvalue weighted by Crippen LogP contribution is -2.47. The number of methoxy groups -OCH3 is 1. The first-order valence-electron chi connectivity index (χ1n) is 5.31. The van der Waals surface area contributed by atoms with Crippen molar-refractivity contribution in [2.45, 2.75) is 0 Å². The van der Waals surface area contributed by atoms with Crippen molar-refractivity contribution in [2.75, 3.05) is 40.3 Å². The molecule has 0 aromatic carbocycles. The molecule has 16 heavy (non-hydrogen) atoms. The van der Waals surface area contributed by atoms with Gasteiger partial charge in [-0.25, -0.2) is 0 Å². The first-order valence-corrected chi connectivity index (χ1v) is 6.19. The summed E-state index contributed by atoms with van der Waals surface area (Å²) in [4.78, 5) is 17.0. The molecule has 4 nitrogen and oxygen atoms in total. The largest absolute Gasteiger partial charge is 0.495 e. The number of hydrogen-bond donors (Lipinski definition) is 0. The Balaban J connectivity index is 2.07. The number of rotatable bonds is 2. The Morgan fingerprint density at radius 3 is 2.69 bits per heavy atom. The number of likely N-dealkylation sites (N-methyl/N-ethyl adjacent to an activating group) is 1. The highest BCUT2D eigenvalue weighted by Crippen LogP contribution is 2.26. The Hall–Kier alpha value is -1.07. The minimum atomic E-state index is 0.0972. The van der Waals surface area contributed by atoms with Crippen LogP contribution in [0.25, 0.3) is 0 Å². The highest BCUT2D eigenvalue weighted by atomic mass is 32.1. The van der Waals surface area contributed by atoms with Gasteiger partial charge in [0.1, 0.15) is 10.6 Å². The number of carbonyl (C=O) groups is 1. The van der Waals surface area contributed by atoms with Crippen LogP contribution in [-0.4, -0.2) is 56.0 Å². The second kappa shape index (κ2) is 4.84. The van der Waals surface area contributed by atoms with Gasteiger partial charge in [-0.05, 0) is 18.5 Å². The van der Waals surface area contributed by atoms with Crippen LogP contribution in [0.4, 0.5) is 0 Å². The average Bonchev–Trinajstić information content (AvgIpc) is 2.77. The molecule has 1 aliphatic heterocycles. The molecule has 0 saturated carbocycles. The molecule has 1 fully saturated rings. The molecule has 88 valence electrons. The molecule has 0 unspecified atom stereocenters. The van der Waals surface area contributed by atoms with E-state index in [4.69, 9.17) is 4.74 Å². The molecule has 1 saturated heterocycles. The van der Waals surface area contributed by atoms with Crippen molar-refractivity contribution >= 4 is 17.2 Å². The van der Waals surface area contributed by atoms with E-state index >= 15 is 0 Å². The molecule has 1 amide bonds. The molecule has 0 aliphatic carbocycles. The normalized spacial score (nSPS) is 17.5. The van der Waals surface area contributed by atoms with E-state index in [9.17, 15) is 4.79 Å². The fraction of sp³-hybridized carbons (Fsp3) is 0.545. The van der Waals surface area contributed by atoms with Crippen molar-refractivity contribution in [2.24, 2.45) is 0 Å². The van der Waals surface area contributed by atoms with Gasteiger partial charge < -0.3 is 14.5 Å². The van der Waals surface area contributed by atoms with Crippen LogP contribution in [0.3, 0.4) is 0 Å². The number of carbonyl (C=O) groups excluding carboxylic acids is 1. The number of nitrogens with zero attached hydrogens (tertiary/aromatic N) is 2. The first-order chi connectivity index (χ1) is 7.72. The third-order valence-electron chi connectivity index (χ3n) is 2.83. The van der Waals surface area contributed by atoms with Gasteiger partial charge in [0.25, 0.3) is 5.91 Å². The molecule has 2 rings (SSSR count). The van der Waals surface area contributed by atoms with Crippen LogP contribution < -0.4 is 4.74 Å². The van der Waals surface area contributed by atoms with Crippen LogP contribution in [0.15, 0.2) is 11.4 Å². The van der Waals surface area contributed by atoms with Crippen molar-refractivity contribution in [3.05, 3.63) is 16.3 Å². The molecule has 1 aliphatic rings. The molecular formula is C11H16N2O2S. The number of thiophene rings is 1. The van der Waals surface area contributed by atoms with Gasteiger partial charge in [0.2, 0.25) is 0 Å². The summed E-state index contributed by atoms with van der Waals surface area (Å²) in [5.74, 6) is 0.786. The molecule has 0 N–H and O–H groups in total. The van der Waals surface area contributed by atoms with E-state index in [1.165, 1.54) is 11.3 Å². The molecule has 0 bridgehead atoms. The third-order valence-corrected chi connectivity index (χ3v) is 3.72. The molecule has 0 spiro atoms. The Labute approximate surface area is 99.4 Å². The quantitative estimate of drug-likeness (QED) is 0.777. The van der Waals surface area contributed by atoms with Crippen molar-refractivity contribution in [1.29, 1.82) is 0 Å². The predicted molar refractivity (Wildman–Crippen MR) is 64.3 cm³/mol. The second-order valence-electron chi connectivity index (χ2n) is 3.91. The molecule has 2 heterocycles. The highest BCUT2D eigenvalue weighted by Gasteiger charge is 2.23. The van der Waals surface area contributed by atoms with E-state index in [2.05, 4.69) is 11.9 Å². The topological polar surface area (TPSA) is 32.8 Å². The lowest BCUT2D eigenvalue weighted by molar-refractivity contribution is 0.0666. The van der Waals surface area contributed by atoms with Crippen molar-refractivity contribution < 1.29 is 9.53 Å². The summed E-state index contributed by atoms with van der Waals surface area (Å²) in [5.41, 5.74) is 0. The minimum Gasteiger partial charge on any atom is -0.495 e. The van der Waals surface area contributed by atoms with E-state index in [-0.39, 0.29) is 5.91 Å². The van der Waals surface area contributed by atoms with Crippen LogP contribution in [0.1, 0.15) is 9.67 Å². The van der Waals surface area contributed by atoms with Crippen molar-refractivity contribution in [3.8, 4) is 5.75 Å². The molecule has 1 aromatic heterocycles. The Bertz CT molecular complexity index is 370. The van der Waals surface area contributed by atoms with Crippen molar-refractivity contribution in [3.63, 3.8) is 0 Å². The highest BCUT2D eigenvalue weighted by molar-refractivity contribution is 7.12. The van der Waals surface area contributed by atoms with E-state index in [1.54, 1.807) is 7.11 Å². The molecule has 0 atom stereocenters. The van der Waals surface area contributed by atoms with Gasteiger partial charge in [-0.2, -0.15) is 0 Å². The lowest BCUT2D eigenvalue weighted by Gasteiger charge is -2.32. The number of ether oxygens (including phenoxy) is 1. The molecule has 5 heteroatoms. The predicted octanol–water partition coefficient (Wildman–Crippen LogP) is 1.14. The van der Waals surface area contributed by atoms with Gasteiger partial charge in [0.15, 0.2) is 0 Å². The maximum absolute atomic E-state index is 12.2. The number of amides is 1. The van der Waals surface area contributed by atoms with Crippen LogP contribution in [0, 0.1) is 0 Å². The first kappa shape index (κ1) is 11.4. The van der Waals surface area contributed by atoms with Gasteiger partial charge in [0.05, 0.1) is 7.11 Å². The SMILES string of the molecule is COc1ccsc1C(=O)N1CCN(C)CC1. The summed E-state index contributed by atoms with van der Waals surface area (Å²) < 4.78 is 5.17. The van der Waals surface area contributed by atoms with Gasteiger partial charge in [-0.3, -0.25) is 4.79 Å².